The van der Waals surface area contributed by atoms with Crippen molar-refractivity contribution in [3.8, 4) is 5.75 Å². The van der Waals surface area contributed by atoms with Crippen LogP contribution in [0.4, 0.5) is 11.4 Å². The molecule has 0 atom stereocenters. The lowest BCUT2D eigenvalue weighted by Crippen LogP contribution is -2.42. The van der Waals surface area contributed by atoms with Crippen molar-refractivity contribution in [1.29, 1.82) is 0 Å². The van der Waals surface area contributed by atoms with Crippen molar-refractivity contribution >= 4 is 27.3 Å². The Labute approximate surface area is 165 Å². The molecular formula is C20H25N3O4S. The zero-order valence-electron chi connectivity index (χ0n) is 16.0. The average molecular weight is 404 g/mol. The van der Waals surface area contributed by atoms with E-state index in [9.17, 15) is 13.2 Å². The van der Waals surface area contributed by atoms with Crippen molar-refractivity contribution in [3.63, 3.8) is 0 Å². The van der Waals surface area contributed by atoms with Crippen LogP contribution in [0.3, 0.4) is 0 Å². The molecule has 2 aromatic carbocycles. The van der Waals surface area contributed by atoms with Gasteiger partial charge in [-0.15, -0.1) is 0 Å². The van der Waals surface area contributed by atoms with Crippen molar-refractivity contribution in [1.82, 2.24) is 4.31 Å². The Balaban J connectivity index is 1.60. The van der Waals surface area contributed by atoms with Crippen molar-refractivity contribution in [2.75, 3.05) is 30.8 Å². The van der Waals surface area contributed by atoms with E-state index in [1.165, 1.54) is 23.4 Å². The van der Waals surface area contributed by atoms with Crippen molar-refractivity contribution in [3.05, 3.63) is 48.5 Å². The Morgan fingerprint density at radius 2 is 1.75 bits per heavy atom. The summed E-state index contributed by atoms with van der Waals surface area (Å²) in [7, 11) is -1.91. The second-order valence-electron chi connectivity index (χ2n) is 6.76. The summed E-state index contributed by atoms with van der Waals surface area (Å²) >= 11 is 0. The Kier molecular flexibility index (Phi) is 6.21. The van der Waals surface area contributed by atoms with Gasteiger partial charge in [0.1, 0.15) is 5.75 Å². The minimum atomic E-state index is -3.54. The van der Waals surface area contributed by atoms with Crippen LogP contribution in [0.1, 0.15) is 19.8 Å². The number of anilines is 2. The number of rotatable bonds is 6. The maximum Gasteiger partial charge on any atom is 0.243 e. The monoisotopic (exact) mass is 403 g/mol. The lowest BCUT2D eigenvalue weighted by molar-refractivity contribution is -0.114. The van der Waals surface area contributed by atoms with Gasteiger partial charge in [0, 0.05) is 43.5 Å². The molecule has 1 heterocycles. The number of sulfonamides is 1. The normalized spacial score (nSPS) is 15.8. The number of hydrogen-bond donors (Lipinski definition) is 2. The molecule has 0 unspecified atom stereocenters. The Morgan fingerprint density at radius 1 is 1.07 bits per heavy atom. The fraction of sp³-hybridized carbons (Fsp3) is 0.350. The summed E-state index contributed by atoms with van der Waals surface area (Å²) in [5.74, 6) is 0.592. The number of nitrogens with zero attached hydrogens (tertiary/aromatic N) is 1. The lowest BCUT2D eigenvalue weighted by atomic mass is 10.1. The van der Waals surface area contributed by atoms with Gasteiger partial charge >= 0.3 is 0 Å². The predicted octanol–water partition coefficient (Wildman–Crippen LogP) is 2.92. The summed E-state index contributed by atoms with van der Waals surface area (Å²) in [4.78, 5) is 11.3. The maximum atomic E-state index is 12.9. The molecular weight excluding hydrogens is 378 g/mol. The lowest BCUT2D eigenvalue weighted by Gasteiger charge is -2.32. The van der Waals surface area contributed by atoms with Gasteiger partial charge in [-0.2, -0.15) is 4.31 Å². The molecule has 2 N–H and O–H groups in total. The second kappa shape index (κ2) is 8.62. The number of benzene rings is 2. The first-order valence-corrected chi connectivity index (χ1v) is 10.6. The van der Waals surface area contributed by atoms with E-state index in [0.29, 0.717) is 18.8 Å². The molecule has 150 valence electrons. The van der Waals surface area contributed by atoms with Crippen LogP contribution in [-0.2, 0) is 14.8 Å². The maximum absolute atomic E-state index is 12.9. The van der Waals surface area contributed by atoms with Crippen LogP contribution in [0.5, 0.6) is 5.75 Å². The average Bonchev–Trinajstić information content (AvgIpc) is 2.68. The summed E-state index contributed by atoms with van der Waals surface area (Å²) in [5.41, 5.74) is 1.54. The van der Waals surface area contributed by atoms with E-state index in [4.69, 9.17) is 4.74 Å². The number of methoxy groups -OCH3 is 1. The fourth-order valence-corrected chi connectivity index (χ4v) is 4.72. The standard InChI is InChI=1S/C20H25N3O4S/c1-15(24)21-16-6-8-20(9-7-16)28(25,26)23-12-10-17(11-13-23)22-18-4-3-5-19(14-18)27-2/h3-9,14,17,22H,10-13H2,1-2H3,(H,21,24). The van der Waals surface area contributed by atoms with E-state index in [1.807, 2.05) is 24.3 Å². The third-order valence-electron chi connectivity index (χ3n) is 4.71. The van der Waals surface area contributed by atoms with Crippen LogP contribution in [0, 0.1) is 0 Å². The molecule has 0 saturated carbocycles. The first-order chi connectivity index (χ1) is 13.4. The van der Waals surface area contributed by atoms with E-state index in [-0.39, 0.29) is 16.8 Å². The number of carbonyl (C=O) groups excluding carboxylic acids is 1. The molecule has 0 aromatic heterocycles. The van der Waals surface area contributed by atoms with Gasteiger partial charge in [-0.1, -0.05) is 6.07 Å². The number of amides is 1. The van der Waals surface area contributed by atoms with Gasteiger partial charge in [0.25, 0.3) is 0 Å². The minimum absolute atomic E-state index is 0.193. The first kappa shape index (κ1) is 20.2. The quantitative estimate of drug-likeness (QED) is 0.774. The molecule has 28 heavy (non-hydrogen) atoms. The molecule has 0 bridgehead atoms. The van der Waals surface area contributed by atoms with Gasteiger partial charge in [0.2, 0.25) is 15.9 Å². The summed E-state index contributed by atoms with van der Waals surface area (Å²) < 4.78 is 32.5. The second-order valence-corrected chi connectivity index (χ2v) is 8.70. The van der Waals surface area contributed by atoms with Crippen molar-refractivity contribution in [2.24, 2.45) is 0 Å². The van der Waals surface area contributed by atoms with Crippen LogP contribution < -0.4 is 15.4 Å². The van der Waals surface area contributed by atoms with Gasteiger partial charge < -0.3 is 15.4 Å². The number of hydrogen-bond acceptors (Lipinski definition) is 5. The van der Waals surface area contributed by atoms with Gasteiger partial charge in [-0.05, 0) is 49.2 Å². The summed E-state index contributed by atoms with van der Waals surface area (Å²) in [5, 5.41) is 6.09. The van der Waals surface area contributed by atoms with E-state index < -0.39 is 10.0 Å². The van der Waals surface area contributed by atoms with Crippen molar-refractivity contribution in [2.45, 2.75) is 30.7 Å². The number of nitrogens with one attached hydrogen (secondary N) is 2. The Bertz CT molecular complexity index is 921. The summed E-state index contributed by atoms with van der Waals surface area (Å²) in [6.07, 6.45) is 1.45. The van der Waals surface area contributed by atoms with Crippen LogP contribution in [0.15, 0.2) is 53.4 Å². The van der Waals surface area contributed by atoms with E-state index >= 15 is 0 Å². The Morgan fingerprint density at radius 3 is 2.36 bits per heavy atom. The van der Waals surface area contributed by atoms with Crippen LogP contribution in [0.25, 0.3) is 0 Å². The highest BCUT2D eigenvalue weighted by Crippen LogP contribution is 2.25. The predicted molar refractivity (Wildman–Crippen MR) is 109 cm³/mol. The highest BCUT2D eigenvalue weighted by Gasteiger charge is 2.29. The molecule has 0 aliphatic carbocycles. The minimum Gasteiger partial charge on any atom is -0.497 e. The highest BCUT2D eigenvalue weighted by atomic mass is 32.2. The molecule has 2 aromatic rings. The zero-order valence-corrected chi connectivity index (χ0v) is 16.8. The largest absolute Gasteiger partial charge is 0.497 e. The third kappa shape index (κ3) is 4.82. The molecule has 1 saturated heterocycles. The topological polar surface area (TPSA) is 87.7 Å². The van der Waals surface area contributed by atoms with Crippen molar-refractivity contribution < 1.29 is 17.9 Å². The van der Waals surface area contributed by atoms with Crippen LogP contribution in [0.2, 0.25) is 0 Å². The number of ether oxygens (including phenoxy) is 1. The first-order valence-electron chi connectivity index (χ1n) is 9.17. The van der Waals surface area contributed by atoms with Gasteiger partial charge in [-0.3, -0.25) is 4.79 Å². The third-order valence-corrected chi connectivity index (χ3v) is 6.62. The number of piperidine rings is 1. The van der Waals surface area contributed by atoms with Gasteiger partial charge in [-0.25, -0.2) is 8.42 Å². The molecule has 1 aliphatic heterocycles. The summed E-state index contributed by atoms with van der Waals surface area (Å²) in [6, 6.07) is 14.2. The molecule has 1 fully saturated rings. The molecule has 8 heteroatoms. The van der Waals surface area contributed by atoms with Gasteiger partial charge in [0.15, 0.2) is 0 Å². The summed E-state index contributed by atoms with van der Waals surface area (Å²) in [6.45, 7) is 2.32. The van der Waals surface area contributed by atoms with E-state index in [1.54, 1.807) is 19.2 Å². The van der Waals surface area contributed by atoms with Gasteiger partial charge in [0.05, 0.1) is 12.0 Å². The zero-order chi connectivity index (χ0) is 20.1. The molecule has 1 aliphatic rings. The van der Waals surface area contributed by atoms with E-state index in [0.717, 1.165) is 24.3 Å². The van der Waals surface area contributed by atoms with E-state index in [2.05, 4.69) is 10.6 Å². The molecule has 0 spiro atoms. The number of carbonyl (C=O) groups is 1. The highest BCUT2D eigenvalue weighted by molar-refractivity contribution is 7.89. The van der Waals surface area contributed by atoms with Crippen LogP contribution >= 0.6 is 0 Å². The van der Waals surface area contributed by atoms with Crippen LogP contribution in [-0.4, -0.2) is 44.9 Å². The molecule has 0 radical (unpaired) electrons. The Hall–Kier alpha value is -2.58. The smallest absolute Gasteiger partial charge is 0.243 e. The fourth-order valence-electron chi connectivity index (χ4n) is 3.25. The molecule has 1 amide bonds. The molecule has 7 nitrogen and oxygen atoms in total. The molecule has 3 rings (SSSR count). The SMILES string of the molecule is COc1cccc(NC2CCN(S(=O)(=O)c3ccc(NC(C)=O)cc3)CC2)c1.